The highest BCUT2D eigenvalue weighted by molar-refractivity contribution is 6.36. The van der Waals surface area contributed by atoms with Crippen LogP contribution < -0.4 is 5.32 Å². The average molecular weight is 330 g/mol. The summed E-state index contributed by atoms with van der Waals surface area (Å²) in [6, 6.07) is 8.62. The van der Waals surface area contributed by atoms with Crippen LogP contribution in [0.4, 0.5) is 8.78 Å². The van der Waals surface area contributed by atoms with E-state index in [1.165, 1.54) is 12.1 Å². The van der Waals surface area contributed by atoms with Crippen molar-refractivity contribution in [3.63, 3.8) is 0 Å². The second-order valence-electron chi connectivity index (χ2n) is 4.70. The maximum absolute atomic E-state index is 13.5. The molecule has 1 nitrogen and oxygen atoms in total. The monoisotopic (exact) mass is 329 g/mol. The second-order valence-corrected chi connectivity index (χ2v) is 5.51. The maximum Gasteiger partial charge on any atom is 0.159 e. The van der Waals surface area contributed by atoms with Crippen LogP contribution >= 0.6 is 23.2 Å². The van der Waals surface area contributed by atoms with E-state index >= 15 is 0 Å². The number of hydrogen-bond acceptors (Lipinski definition) is 1. The molecule has 1 unspecified atom stereocenters. The van der Waals surface area contributed by atoms with Crippen LogP contribution in [-0.2, 0) is 0 Å². The van der Waals surface area contributed by atoms with Gasteiger partial charge in [-0.25, -0.2) is 8.78 Å². The fourth-order valence-corrected chi connectivity index (χ4v) is 2.77. The van der Waals surface area contributed by atoms with Crippen LogP contribution in [0.5, 0.6) is 0 Å². The Hall–Kier alpha value is -1.16. The molecule has 5 heteroatoms. The van der Waals surface area contributed by atoms with Crippen molar-refractivity contribution in [1.29, 1.82) is 0 Å². The lowest BCUT2D eigenvalue weighted by atomic mass is 9.98. The van der Waals surface area contributed by atoms with Gasteiger partial charge < -0.3 is 5.32 Å². The molecule has 1 N–H and O–H groups in total. The van der Waals surface area contributed by atoms with Crippen molar-refractivity contribution in [2.75, 3.05) is 6.54 Å². The van der Waals surface area contributed by atoms with E-state index in [0.29, 0.717) is 27.7 Å². The molecule has 0 spiro atoms. The minimum atomic E-state index is -0.890. The number of halogens is 4. The lowest BCUT2D eigenvalue weighted by molar-refractivity contribution is 0.503. The first-order valence-corrected chi connectivity index (χ1v) is 7.42. The molecule has 1 atom stereocenters. The number of rotatable bonds is 5. The summed E-state index contributed by atoms with van der Waals surface area (Å²) in [5.41, 5.74) is 1.25. The smallest absolute Gasteiger partial charge is 0.159 e. The van der Waals surface area contributed by atoms with Gasteiger partial charge in [0.15, 0.2) is 11.6 Å². The van der Waals surface area contributed by atoms with Gasteiger partial charge in [-0.1, -0.05) is 42.3 Å². The van der Waals surface area contributed by atoms with Crippen LogP contribution in [0.3, 0.4) is 0 Å². The molecule has 0 saturated carbocycles. The first-order chi connectivity index (χ1) is 10.0. The van der Waals surface area contributed by atoms with Gasteiger partial charge in [0, 0.05) is 15.6 Å². The molecule has 0 amide bonds. The van der Waals surface area contributed by atoms with E-state index in [0.717, 1.165) is 12.5 Å². The molecule has 2 rings (SSSR count). The zero-order chi connectivity index (χ0) is 15.4. The summed E-state index contributed by atoms with van der Waals surface area (Å²) in [6.45, 7) is 2.72. The summed E-state index contributed by atoms with van der Waals surface area (Å²) >= 11 is 12.5. The molecule has 0 aliphatic rings. The van der Waals surface area contributed by atoms with Crippen molar-refractivity contribution in [3.05, 3.63) is 69.2 Å². The first kappa shape index (κ1) is 16.2. The fraction of sp³-hybridized carbons (Fsp3) is 0.250. The summed E-state index contributed by atoms with van der Waals surface area (Å²) in [6.07, 6.45) is 0.891. The summed E-state index contributed by atoms with van der Waals surface area (Å²) in [5.74, 6) is -1.77. The maximum atomic E-state index is 13.5. The largest absolute Gasteiger partial charge is 0.306 e. The van der Waals surface area contributed by atoms with E-state index in [1.54, 1.807) is 18.2 Å². The molecule has 0 aliphatic carbocycles. The Bertz CT molecular complexity index is 611. The summed E-state index contributed by atoms with van der Waals surface area (Å²) < 4.78 is 26.6. The molecule has 112 valence electrons. The molecule has 0 fully saturated rings. The number of nitrogens with one attached hydrogen (secondary N) is 1. The van der Waals surface area contributed by atoms with Crippen molar-refractivity contribution in [2.24, 2.45) is 0 Å². The van der Waals surface area contributed by atoms with Gasteiger partial charge >= 0.3 is 0 Å². The van der Waals surface area contributed by atoms with Crippen molar-refractivity contribution < 1.29 is 8.78 Å². The number of hydrogen-bond donors (Lipinski definition) is 1. The minimum Gasteiger partial charge on any atom is -0.306 e. The quantitative estimate of drug-likeness (QED) is 0.778. The van der Waals surface area contributed by atoms with Gasteiger partial charge in [-0.3, -0.25) is 0 Å². The Kier molecular flexibility index (Phi) is 5.57. The van der Waals surface area contributed by atoms with Crippen LogP contribution in [0.1, 0.15) is 30.5 Å². The molecular weight excluding hydrogens is 315 g/mol. The van der Waals surface area contributed by atoms with Gasteiger partial charge in [-0.15, -0.1) is 0 Å². The Morgan fingerprint density at radius 1 is 1.05 bits per heavy atom. The standard InChI is InChI=1S/C16H15Cl2F2N/c1-2-8-21-16(10-6-7-13(19)14(20)9-10)15-11(17)4-3-5-12(15)18/h3-7,9,16,21H,2,8H2,1H3. The van der Waals surface area contributed by atoms with Gasteiger partial charge in [0.2, 0.25) is 0 Å². The molecule has 0 aliphatic heterocycles. The molecule has 0 saturated heterocycles. The first-order valence-electron chi connectivity index (χ1n) is 6.66. The molecule has 21 heavy (non-hydrogen) atoms. The average Bonchev–Trinajstić information content (AvgIpc) is 2.45. The SMILES string of the molecule is CCCNC(c1ccc(F)c(F)c1)c1c(Cl)cccc1Cl. The van der Waals surface area contributed by atoms with E-state index in [1.807, 2.05) is 6.92 Å². The molecule has 2 aromatic rings. The highest BCUT2D eigenvalue weighted by Gasteiger charge is 2.20. The molecule has 0 heterocycles. The van der Waals surface area contributed by atoms with Crippen LogP contribution in [0.2, 0.25) is 10.0 Å². The highest BCUT2D eigenvalue weighted by atomic mass is 35.5. The van der Waals surface area contributed by atoms with Crippen molar-refractivity contribution in [2.45, 2.75) is 19.4 Å². The Labute approximate surface area is 132 Å². The van der Waals surface area contributed by atoms with Crippen LogP contribution in [0.15, 0.2) is 36.4 Å². The topological polar surface area (TPSA) is 12.0 Å². The zero-order valence-electron chi connectivity index (χ0n) is 11.5. The van der Waals surface area contributed by atoms with E-state index in [9.17, 15) is 8.78 Å². The predicted octanol–water partition coefficient (Wildman–Crippen LogP) is 5.36. The summed E-state index contributed by atoms with van der Waals surface area (Å²) in [5, 5.41) is 4.25. The summed E-state index contributed by atoms with van der Waals surface area (Å²) in [7, 11) is 0. The lowest BCUT2D eigenvalue weighted by Crippen LogP contribution is -2.24. The van der Waals surface area contributed by atoms with Crippen LogP contribution in [-0.4, -0.2) is 6.54 Å². The van der Waals surface area contributed by atoms with Gasteiger partial charge in [0.25, 0.3) is 0 Å². The molecular formula is C16H15Cl2F2N. The highest BCUT2D eigenvalue weighted by Crippen LogP contribution is 2.34. The van der Waals surface area contributed by atoms with Gasteiger partial charge in [0.1, 0.15) is 0 Å². The van der Waals surface area contributed by atoms with Crippen LogP contribution in [0, 0.1) is 11.6 Å². The summed E-state index contributed by atoms with van der Waals surface area (Å²) in [4.78, 5) is 0. The third kappa shape index (κ3) is 3.73. The molecule has 0 bridgehead atoms. The number of benzene rings is 2. The van der Waals surface area contributed by atoms with E-state index in [2.05, 4.69) is 5.32 Å². The van der Waals surface area contributed by atoms with Crippen molar-refractivity contribution in [3.8, 4) is 0 Å². The lowest BCUT2D eigenvalue weighted by Gasteiger charge is -2.22. The van der Waals surface area contributed by atoms with Crippen molar-refractivity contribution >= 4 is 23.2 Å². The van der Waals surface area contributed by atoms with E-state index in [-0.39, 0.29) is 6.04 Å². The minimum absolute atomic E-state index is 0.388. The third-order valence-corrected chi connectivity index (χ3v) is 3.82. The van der Waals surface area contributed by atoms with E-state index < -0.39 is 11.6 Å². The molecule has 2 aromatic carbocycles. The molecule has 0 radical (unpaired) electrons. The fourth-order valence-electron chi connectivity index (χ4n) is 2.15. The zero-order valence-corrected chi connectivity index (χ0v) is 13.0. The Morgan fingerprint density at radius 2 is 1.71 bits per heavy atom. The predicted molar refractivity (Wildman–Crippen MR) is 83.0 cm³/mol. The third-order valence-electron chi connectivity index (χ3n) is 3.16. The Balaban J connectivity index is 2.49. The van der Waals surface area contributed by atoms with Crippen LogP contribution in [0.25, 0.3) is 0 Å². The Morgan fingerprint density at radius 3 is 2.29 bits per heavy atom. The van der Waals surface area contributed by atoms with E-state index in [4.69, 9.17) is 23.2 Å². The van der Waals surface area contributed by atoms with Gasteiger partial charge in [0.05, 0.1) is 6.04 Å². The van der Waals surface area contributed by atoms with Gasteiger partial charge in [-0.05, 0) is 42.8 Å². The normalized spacial score (nSPS) is 12.4. The van der Waals surface area contributed by atoms with Crippen molar-refractivity contribution in [1.82, 2.24) is 5.32 Å². The second kappa shape index (κ2) is 7.21. The van der Waals surface area contributed by atoms with Gasteiger partial charge in [-0.2, -0.15) is 0 Å². The molecule has 0 aromatic heterocycles.